The zero-order valence-electron chi connectivity index (χ0n) is 85.7. The lowest BCUT2D eigenvalue weighted by Crippen LogP contribution is -2.61. The molecule has 0 atom stereocenters. The minimum absolute atomic E-state index is 0.142. The molecule has 0 N–H and O–H groups in total. The Morgan fingerprint density at radius 1 is 0.265 bits per heavy atom. The van der Waals surface area contributed by atoms with E-state index in [-0.39, 0.29) is 82.9 Å². The molecule has 2 aliphatic rings. The van der Waals surface area contributed by atoms with Gasteiger partial charge in [0.05, 0.1) is 73.3 Å². The number of aromatic nitrogens is 3. The summed E-state index contributed by atoms with van der Waals surface area (Å²) < 4.78 is 205. The number of hydrogen-bond donors (Lipinski definition) is 0. The molecule has 0 unspecified atom stereocenters. The topological polar surface area (TPSA) is 24.5 Å². The summed E-state index contributed by atoms with van der Waals surface area (Å²) in [5.74, 6) is 0. The normalized spacial score (nSPS) is 15.2. The highest BCUT2D eigenvalue weighted by molar-refractivity contribution is 7.00. The second kappa shape index (κ2) is 27.2. The molecule has 0 radical (unpaired) electrons. The maximum atomic E-state index is 10.3. The Labute approximate surface area is 712 Å². The van der Waals surface area contributed by atoms with E-state index >= 15 is 0 Å². The van der Waals surface area contributed by atoms with E-state index in [2.05, 4.69) is 153 Å². The highest BCUT2D eigenvalue weighted by Gasteiger charge is 2.46. The highest BCUT2D eigenvalue weighted by atomic mass is 15.2. The molecule has 0 bridgehead atoms. The molecule has 7 heteroatoms. The van der Waals surface area contributed by atoms with Crippen LogP contribution in [-0.2, 0) is 10.8 Å². The summed E-state index contributed by atoms with van der Waals surface area (Å²) in [5.41, 5.74) is 16.2. The van der Waals surface area contributed by atoms with Crippen LogP contribution in [0.3, 0.4) is 0 Å². The van der Waals surface area contributed by atoms with Crippen LogP contribution in [0.25, 0.3) is 127 Å². The smallest absolute Gasteiger partial charge is 0.252 e. The van der Waals surface area contributed by atoms with Crippen molar-refractivity contribution in [3.63, 3.8) is 0 Å². The van der Waals surface area contributed by atoms with E-state index in [9.17, 15) is 21.9 Å². The van der Waals surface area contributed by atoms with E-state index in [4.69, 9.17) is 6.85 Å². The summed E-state index contributed by atoms with van der Waals surface area (Å²) in [6.07, 6.45) is 0. The zero-order chi connectivity index (χ0) is 96.6. The molecule has 5 heterocycles. The van der Waals surface area contributed by atoms with Crippen LogP contribution in [-0.4, -0.2) is 20.4 Å². The minimum atomic E-state index is -0.864. The van der Waals surface area contributed by atoms with Crippen LogP contribution in [0.4, 0.5) is 51.2 Å². The fourth-order valence-corrected chi connectivity index (χ4v) is 17.8. The number of nitrogens with zero attached hydrogens (tertiary/aromatic N) is 6. The number of rotatable bonds is 12. The van der Waals surface area contributed by atoms with Gasteiger partial charge >= 0.3 is 0 Å². The van der Waals surface area contributed by atoms with Crippen molar-refractivity contribution in [2.75, 3.05) is 14.7 Å². The minimum Gasteiger partial charge on any atom is -0.311 e. The first-order valence-electron chi connectivity index (χ1n) is 49.7. The van der Waals surface area contributed by atoms with Crippen molar-refractivity contribution >= 4 is 140 Å². The van der Waals surface area contributed by atoms with E-state index < -0.39 is 134 Å². The molecular formula is C110H83BN6. The van der Waals surface area contributed by atoms with Crippen LogP contribution in [0.5, 0.6) is 0 Å². The highest BCUT2D eigenvalue weighted by Crippen LogP contribution is 2.54. The molecule has 0 amide bonds. The molecule has 20 aromatic rings. The van der Waals surface area contributed by atoms with Crippen LogP contribution in [0, 0.1) is 0 Å². The summed E-state index contributed by atoms with van der Waals surface area (Å²) in [6, 6.07) is 76.0. The third-order valence-corrected chi connectivity index (χ3v) is 23.3. The molecule has 0 spiro atoms. The Morgan fingerprint density at radius 2 is 0.667 bits per heavy atom. The molecule has 6 nitrogen and oxygen atoms in total. The SMILES string of the molecule is [2H]c1c([2H])c([2H])c(N(c2ccc(-n3c4c([2H])c([2H])c([2H])c([2H])c4c4c([2H])c([2H])c([2H])c([2H])c43)cc2)c2ccc3c(c2)N(c2c(-c4ccccc4)cccc2-c2ccccc2)c2cc(-n4c5c([2H])c([2H])c([2H])c([2H])c5c5c([2H])c([2H])c([2H])c([2H])c54)cc4c2B3c2ccc(-n3c5ccc(C(C)(C)C)cc5c5cc(C(C)(C)C)ccc53)cc2N4c2cc(-c3ccccc3)cc(-c3ccccc3)c2)c([2H])c1[2H]. The molecule has 0 aliphatic carbocycles. The summed E-state index contributed by atoms with van der Waals surface area (Å²) in [5, 5.41) is 1.48. The molecule has 117 heavy (non-hydrogen) atoms. The quantitative estimate of drug-likeness (QED) is 0.114. The molecule has 3 aromatic heterocycles. The molecule has 22 rings (SSSR count). The van der Waals surface area contributed by atoms with Gasteiger partial charge < -0.3 is 28.4 Å². The number of fused-ring (bicyclic) bond motifs is 13. The molecule has 0 saturated heterocycles. The molecule has 17 aromatic carbocycles. The van der Waals surface area contributed by atoms with E-state index in [1.165, 1.54) is 4.57 Å². The van der Waals surface area contributed by atoms with Gasteiger partial charge in [0.1, 0.15) is 0 Å². The predicted molar refractivity (Wildman–Crippen MR) is 497 cm³/mol. The third kappa shape index (κ3) is 11.4. The lowest BCUT2D eigenvalue weighted by molar-refractivity contribution is 0.590. The van der Waals surface area contributed by atoms with Gasteiger partial charge in [0.25, 0.3) is 6.71 Å². The van der Waals surface area contributed by atoms with Gasteiger partial charge in [0.15, 0.2) is 0 Å². The largest absolute Gasteiger partial charge is 0.311 e. The van der Waals surface area contributed by atoms with Gasteiger partial charge in [0, 0.05) is 100 Å². The Bertz CT molecular complexity index is 8320. The van der Waals surface area contributed by atoms with Crippen molar-refractivity contribution in [3.8, 4) is 61.6 Å². The van der Waals surface area contributed by atoms with E-state index in [1.807, 2.05) is 146 Å². The summed E-state index contributed by atoms with van der Waals surface area (Å²) in [4.78, 5) is 5.96. The van der Waals surface area contributed by atoms with Crippen molar-refractivity contribution in [2.24, 2.45) is 0 Å². The summed E-state index contributed by atoms with van der Waals surface area (Å²) >= 11 is 0. The Hall–Kier alpha value is -14.4. The van der Waals surface area contributed by atoms with Crippen molar-refractivity contribution in [3.05, 3.63) is 405 Å². The van der Waals surface area contributed by atoms with Crippen LogP contribution in [0.1, 0.15) is 81.5 Å². The Morgan fingerprint density at radius 3 is 1.15 bits per heavy atom. The van der Waals surface area contributed by atoms with E-state index in [0.29, 0.717) is 56.2 Å². The van der Waals surface area contributed by atoms with Crippen molar-refractivity contribution in [1.29, 1.82) is 0 Å². The molecule has 2 aliphatic heterocycles. The van der Waals surface area contributed by atoms with E-state index in [1.54, 1.807) is 33.7 Å². The first-order chi connectivity index (χ1) is 66.0. The van der Waals surface area contributed by atoms with Gasteiger partial charge in [0.2, 0.25) is 0 Å². The fraction of sp³-hybridized carbons (Fsp3) is 0.0727. The average molecular weight is 1520 g/mol. The maximum absolute atomic E-state index is 10.3. The second-order valence-corrected chi connectivity index (χ2v) is 32.1. The third-order valence-electron chi connectivity index (χ3n) is 23.3. The van der Waals surface area contributed by atoms with Crippen LogP contribution < -0.4 is 31.1 Å². The van der Waals surface area contributed by atoms with Gasteiger partial charge in [-0.25, -0.2) is 0 Å². The Kier molecular flexibility index (Phi) is 11.8. The van der Waals surface area contributed by atoms with Crippen molar-refractivity contribution in [1.82, 2.24) is 13.7 Å². The van der Waals surface area contributed by atoms with E-state index in [0.717, 1.165) is 77.5 Å². The average Bonchev–Trinajstić information content (AvgIpc) is 1.12. The van der Waals surface area contributed by atoms with Gasteiger partial charge in [-0.05, 0) is 211 Å². The molecule has 0 fully saturated rings. The second-order valence-electron chi connectivity index (χ2n) is 32.1. The number of anilines is 9. The fourth-order valence-electron chi connectivity index (χ4n) is 17.8. The summed E-state index contributed by atoms with van der Waals surface area (Å²) in [6.45, 7) is 12.4. The maximum Gasteiger partial charge on any atom is 0.252 e. The zero-order valence-corrected chi connectivity index (χ0v) is 64.7. The van der Waals surface area contributed by atoms with Crippen molar-refractivity contribution in [2.45, 2.75) is 52.4 Å². The van der Waals surface area contributed by atoms with Gasteiger partial charge in [-0.1, -0.05) is 296 Å². The lowest BCUT2D eigenvalue weighted by atomic mass is 9.33. The molecule has 556 valence electrons. The van der Waals surface area contributed by atoms with Crippen LogP contribution in [0.15, 0.2) is 394 Å². The first kappa shape index (κ1) is 50.7. The monoisotopic (exact) mass is 1520 g/mol. The molecular weight excluding hydrogens is 1420 g/mol. The predicted octanol–water partition coefficient (Wildman–Crippen LogP) is 27.8. The van der Waals surface area contributed by atoms with Crippen LogP contribution >= 0.6 is 0 Å². The van der Waals surface area contributed by atoms with Gasteiger partial charge in [-0.2, -0.15) is 0 Å². The standard InChI is InChI=1S/C110H83BN6/c1-109(2,3)78-51-61-101-93(66-78)94-67-79(110(4,5)6)52-62-102(94)114(101)84-58-60-95-103(69-84)116(85-64-76(72-31-12-7-13-32-72)63-77(65-85)73-33-14-8-15-34-73)105-70-86(115-99-49-28-24-43-91(99)92-44-25-29-50-100(92)115)71-106-107(105)111(95)96-59-57-83(68-104(96)117(106)108-87(74-35-16-9-17-36-74)45-30-46-88(108)75-37-18-10-19-38-75)112(80-39-20-11-21-40-80)81-53-55-82(56-54-81)113-97-47-26-22-41-89(97)90-42-23-27-48-98(90)113/h7-71H,1-6H3/i11D,20D,21D,22D,23D,24D,25D,26D,27D,28D,29D,39D,40D,41D,42D,43D,44D,47D,48D,49D,50D. The number of benzene rings is 17. The van der Waals surface area contributed by atoms with Gasteiger partial charge in [-0.3, -0.25) is 0 Å². The van der Waals surface area contributed by atoms with Crippen molar-refractivity contribution < 1.29 is 28.8 Å². The first-order valence-corrected chi connectivity index (χ1v) is 39.2. The number of hydrogen-bond acceptors (Lipinski definition) is 3. The Balaban J connectivity index is 0.921. The summed E-state index contributed by atoms with van der Waals surface area (Å²) in [7, 11) is 0. The molecule has 0 saturated carbocycles. The van der Waals surface area contributed by atoms with Gasteiger partial charge in [-0.15, -0.1) is 0 Å². The lowest BCUT2D eigenvalue weighted by Gasteiger charge is -2.45. The van der Waals surface area contributed by atoms with Crippen LogP contribution in [0.2, 0.25) is 0 Å². The number of para-hydroxylation sites is 6.